The second kappa shape index (κ2) is 9.96. The quantitative estimate of drug-likeness (QED) is 0.368. The van der Waals surface area contributed by atoms with Gasteiger partial charge in [-0.25, -0.2) is 0 Å². The van der Waals surface area contributed by atoms with E-state index in [2.05, 4.69) is 63.8 Å². The molecule has 0 spiro atoms. The van der Waals surface area contributed by atoms with E-state index in [4.69, 9.17) is 10.3 Å². The first-order valence-electron chi connectivity index (χ1n) is 7.35. The summed E-state index contributed by atoms with van der Waals surface area (Å²) in [5.74, 6) is 1.18. The largest absolute Gasteiger partial charge is 2.00 e. The first-order chi connectivity index (χ1) is 11.1. The normalized spacial score (nSPS) is 23.8. The number of hydrogen-bond acceptors (Lipinski definition) is 7. The zero-order chi connectivity index (χ0) is 16.7. The van der Waals surface area contributed by atoms with Crippen LogP contribution in [0.25, 0.3) is 0 Å². The van der Waals surface area contributed by atoms with Crippen LogP contribution in [-0.2, 0) is 26.5 Å². The van der Waals surface area contributed by atoms with Gasteiger partial charge in [-0.2, -0.15) is 5.21 Å². The number of aromatic nitrogens is 4. The van der Waals surface area contributed by atoms with Gasteiger partial charge in [-0.1, -0.05) is 42.5 Å². The Morgan fingerprint density at radius 1 is 1.42 bits per heavy atom. The van der Waals surface area contributed by atoms with Crippen molar-refractivity contribution in [2.24, 2.45) is 5.92 Å². The first-order valence-corrected chi connectivity index (χ1v) is 7.35. The van der Waals surface area contributed by atoms with E-state index in [9.17, 15) is 0 Å². The fourth-order valence-electron chi connectivity index (χ4n) is 3.19. The fourth-order valence-corrected chi connectivity index (χ4v) is 3.19. The number of rotatable bonds is 3. The Hall–Kier alpha value is -1.18. The van der Waals surface area contributed by atoms with Crippen LogP contribution in [-0.4, -0.2) is 48.9 Å². The Balaban J connectivity index is 0.000000522. The molecular formula is C15H22N6O2W. The molecule has 1 aromatic heterocycles. The number of benzene rings is 1. The van der Waals surface area contributed by atoms with E-state index < -0.39 is 0 Å². The molecule has 0 amide bonds. The molecule has 8 nitrogen and oxygen atoms in total. The molecule has 1 aromatic carbocycles. The second-order valence-electron chi connectivity index (χ2n) is 5.56. The van der Waals surface area contributed by atoms with Crippen LogP contribution >= 0.6 is 0 Å². The van der Waals surface area contributed by atoms with Gasteiger partial charge in [0.05, 0.1) is 5.41 Å². The van der Waals surface area contributed by atoms with Gasteiger partial charge in [0.1, 0.15) is 0 Å². The SMILES string of the molecule is O[CH-]NO.[CH2-]N1CCC(c2ccccc2)(c2nn[nH]n2)C(C)C1.[W+2]. The van der Waals surface area contributed by atoms with Crippen molar-refractivity contribution >= 4 is 0 Å². The molecule has 2 unspecified atom stereocenters. The van der Waals surface area contributed by atoms with Gasteiger partial charge in [0.25, 0.3) is 0 Å². The maximum atomic E-state index is 7.39. The molecule has 0 bridgehead atoms. The summed E-state index contributed by atoms with van der Waals surface area (Å²) < 4.78 is 0. The molecule has 0 aliphatic carbocycles. The summed E-state index contributed by atoms with van der Waals surface area (Å²) in [5.41, 5.74) is 2.46. The van der Waals surface area contributed by atoms with Crippen molar-refractivity contribution in [3.8, 4) is 0 Å². The van der Waals surface area contributed by atoms with E-state index in [0.29, 0.717) is 12.6 Å². The smallest absolute Gasteiger partial charge is 0.549 e. The van der Waals surface area contributed by atoms with Gasteiger partial charge in [0, 0.05) is 0 Å². The van der Waals surface area contributed by atoms with Gasteiger partial charge >= 0.3 is 21.1 Å². The zero-order valence-electron chi connectivity index (χ0n) is 13.5. The van der Waals surface area contributed by atoms with Crippen molar-refractivity contribution in [3.05, 3.63) is 55.5 Å². The van der Waals surface area contributed by atoms with E-state index >= 15 is 0 Å². The summed E-state index contributed by atoms with van der Waals surface area (Å²) in [6.07, 6.45) is 0.960. The fraction of sp³-hybridized carbons (Fsp3) is 0.400. The summed E-state index contributed by atoms with van der Waals surface area (Å²) in [7, 11) is 4.06. The van der Waals surface area contributed by atoms with Crippen LogP contribution in [0.4, 0.5) is 0 Å². The molecule has 9 heteroatoms. The number of nitrogens with zero attached hydrogens (tertiary/aromatic N) is 4. The monoisotopic (exact) mass is 502 g/mol. The molecule has 3 rings (SSSR count). The molecule has 4 N–H and O–H groups in total. The molecule has 1 fully saturated rings. The number of nitrogens with one attached hydrogen (secondary N) is 2. The molecule has 24 heavy (non-hydrogen) atoms. The van der Waals surface area contributed by atoms with E-state index in [1.54, 1.807) is 0 Å². The number of hydrogen-bond donors (Lipinski definition) is 4. The number of tetrazole rings is 1. The van der Waals surface area contributed by atoms with Crippen molar-refractivity contribution < 1.29 is 31.4 Å². The van der Waals surface area contributed by atoms with Crippen molar-refractivity contribution in [1.29, 1.82) is 0 Å². The van der Waals surface area contributed by atoms with Crippen LogP contribution < -0.4 is 5.48 Å². The molecule has 1 saturated heterocycles. The predicted molar refractivity (Wildman–Crippen MR) is 83.3 cm³/mol. The second-order valence-corrected chi connectivity index (χ2v) is 5.56. The molecule has 1 aliphatic rings. The van der Waals surface area contributed by atoms with Crippen molar-refractivity contribution in [2.75, 3.05) is 13.1 Å². The molecule has 130 valence electrons. The van der Waals surface area contributed by atoms with Crippen molar-refractivity contribution in [1.82, 2.24) is 31.0 Å². The minimum atomic E-state index is -0.164. The Morgan fingerprint density at radius 3 is 2.58 bits per heavy atom. The van der Waals surface area contributed by atoms with Crippen LogP contribution in [0.5, 0.6) is 0 Å². The minimum absolute atomic E-state index is 0. The maximum absolute atomic E-state index is 7.39. The summed E-state index contributed by atoms with van der Waals surface area (Å²) in [6.45, 7) is 4.54. The number of hydroxylamine groups is 1. The molecule has 2 heterocycles. The average molecular weight is 502 g/mol. The Morgan fingerprint density at radius 2 is 2.08 bits per heavy atom. The zero-order valence-corrected chi connectivity index (χ0v) is 16.4. The molecule has 0 radical (unpaired) electrons. The summed E-state index contributed by atoms with van der Waals surface area (Å²) in [5, 5.41) is 29.6. The third-order valence-corrected chi connectivity index (χ3v) is 4.29. The van der Waals surface area contributed by atoms with E-state index in [0.717, 1.165) is 25.3 Å². The number of aliphatic hydroxyl groups excluding tert-OH is 1. The number of likely N-dealkylation sites (tertiary alicyclic amines) is 1. The average Bonchev–Trinajstić information content (AvgIpc) is 3.11. The number of piperidine rings is 1. The Kier molecular flexibility index (Phi) is 8.65. The Labute approximate surface area is 155 Å². The summed E-state index contributed by atoms with van der Waals surface area (Å²) in [6, 6.07) is 10.5. The van der Waals surface area contributed by atoms with E-state index in [1.165, 1.54) is 11.0 Å². The van der Waals surface area contributed by atoms with Gasteiger partial charge in [0.15, 0.2) is 5.82 Å². The minimum Gasteiger partial charge on any atom is -0.549 e. The molecular weight excluding hydrogens is 480 g/mol. The molecule has 2 atom stereocenters. The number of H-pyrrole nitrogens is 1. The van der Waals surface area contributed by atoms with Crippen LogP contribution in [0, 0.1) is 19.7 Å². The molecule has 1 aliphatic heterocycles. The predicted octanol–water partition coefficient (Wildman–Crippen LogP) is 1.07. The van der Waals surface area contributed by atoms with E-state index in [1.807, 2.05) is 6.07 Å². The van der Waals surface area contributed by atoms with Crippen LogP contribution in [0.3, 0.4) is 0 Å². The van der Waals surface area contributed by atoms with Crippen molar-refractivity contribution in [2.45, 2.75) is 18.8 Å². The number of aliphatic hydroxyl groups is 1. The molecule has 2 aromatic rings. The third kappa shape index (κ3) is 4.46. The van der Waals surface area contributed by atoms with Gasteiger partial charge in [-0.15, -0.1) is 16.9 Å². The standard InChI is InChI=1S/C14H18N5.CH4NO2.W/c1-11-10-19(2)9-8-14(11,13-15-17-18-16-13)12-6-4-3-5-7-12;3-1-2-4;/h3-7,11H,2,8-10H2,1H3,(H,15,16,17,18);1-4H;/q2*-1;+2. The summed E-state index contributed by atoms with van der Waals surface area (Å²) in [4.78, 5) is 2.12. The first kappa shape index (κ1) is 20.9. The van der Waals surface area contributed by atoms with Gasteiger partial charge < -0.3 is 20.7 Å². The van der Waals surface area contributed by atoms with Crippen molar-refractivity contribution in [3.63, 3.8) is 0 Å². The van der Waals surface area contributed by atoms with Gasteiger partial charge in [-0.05, 0) is 31.0 Å². The number of aromatic amines is 1. The van der Waals surface area contributed by atoms with Gasteiger partial charge in [-0.3, -0.25) is 7.05 Å². The van der Waals surface area contributed by atoms with Crippen LogP contribution in [0.1, 0.15) is 24.7 Å². The van der Waals surface area contributed by atoms with Gasteiger partial charge in [0.2, 0.25) is 0 Å². The maximum Gasteiger partial charge on any atom is 2.00 e. The van der Waals surface area contributed by atoms with Crippen LogP contribution in [0.2, 0.25) is 0 Å². The third-order valence-electron chi connectivity index (χ3n) is 4.29. The Bertz CT molecular complexity index is 569. The topological polar surface area (TPSA) is 110 Å². The molecule has 0 saturated carbocycles. The van der Waals surface area contributed by atoms with E-state index in [-0.39, 0.29) is 26.5 Å². The van der Waals surface area contributed by atoms with Crippen LogP contribution in [0.15, 0.2) is 30.3 Å². The summed E-state index contributed by atoms with van der Waals surface area (Å²) >= 11 is 0.